The van der Waals surface area contributed by atoms with Gasteiger partial charge in [-0.15, -0.1) is 0 Å². The monoisotopic (exact) mass is 338 g/mol. The van der Waals surface area contributed by atoms with E-state index in [1.54, 1.807) is 0 Å². The molecule has 0 bridgehead atoms. The second-order valence-corrected chi connectivity index (χ2v) is 5.84. The van der Waals surface area contributed by atoms with E-state index < -0.39 is 23.8 Å². The lowest BCUT2D eigenvalue weighted by Crippen LogP contribution is -2.46. The number of hydrogen-bond donors (Lipinski definition) is 4. The van der Waals surface area contributed by atoms with Crippen molar-refractivity contribution in [2.75, 3.05) is 0 Å². The summed E-state index contributed by atoms with van der Waals surface area (Å²) in [4.78, 5) is 44.9. The van der Waals surface area contributed by atoms with Gasteiger partial charge in [0.15, 0.2) is 0 Å². The Morgan fingerprint density at radius 1 is 0.833 bits per heavy atom. The van der Waals surface area contributed by atoms with Crippen LogP contribution in [0.4, 0.5) is 0 Å². The molecule has 2 amide bonds. The number of rotatable bonds is 6. The molecule has 0 radical (unpaired) electrons. The Labute approximate surface area is 139 Å². The first-order chi connectivity index (χ1) is 11.2. The van der Waals surface area contributed by atoms with Crippen LogP contribution in [-0.4, -0.2) is 46.0 Å². The van der Waals surface area contributed by atoms with Crippen molar-refractivity contribution in [2.24, 2.45) is 0 Å². The topological polar surface area (TPSA) is 133 Å². The van der Waals surface area contributed by atoms with Crippen LogP contribution in [0.3, 0.4) is 0 Å². The Bertz CT molecular complexity index is 543. The SMILES string of the molecule is C/C(=C/C(=O)O)C(=O)NC1CCCC(NC(=O)/C(C)=C\C(=O)O)C1. The molecule has 1 saturated carbocycles. The molecule has 2 atom stereocenters. The summed E-state index contributed by atoms with van der Waals surface area (Å²) in [5.74, 6) is -3.26. The van der Waals surface area contributed by atoms with E-state index >= 15 is 0 Å². The van der Waals surface area contributed by atoms with Crippen LogP contribution < -0.4 is 10.6 Å². The van der Waals surface area contributed by atoms with E-state index in [1.165, 1.54) is 13.8 Å². The lowest BCUT2D eigenvalue weighted by molar-refractivity contribution is -0.132. The van der Waals surface area contributed by atoms with Gasteiger partial charge in [-0.3, -0.25) is 9.59 Å². The largest absolute Gasteiger partial charge is 0.478 e. The highest BCUT2D eigenvalue weighted by Gasteiger charge is 2.25. The van der Waals surface area contributed by atoms with Crippen LogP contribution in [0, 0.1) is 0 Å². The lowest BCUT2D eigenvalue weighted by Gasteiger charge is -2.30. The smallest absolute Gasteiger partial charge is 0.328 e. The predicted molar refractivity (Wildman–Crippen MR) is 85.1 cm³/mol. The molecule has 8 heteroatoms. The zero-order valence-corrected chi connectivity index (χ0v) is 13.7. The highest BCUT2D eigenvalue weighted by Crippen LogP contribution is 2.19. The van der Waals surface area contributed by atoms with Gasteiger partial charge in [0.2, 0.25) is 11.8 Å². The minimum atomic E-state index is -1.18. The second kappa shape index (κ2) is 8.85. The van der Waals surface area contributed by atoms with E-state index in [0.717, 1.165) is 31.4 Å². The predicted octanol–water partition coefficient (Wildman–Crippen LogP) is 0.592. The third-order valence-electron chi connectivity index (χ3n) is 3.74. The molecule has 0 aromatic rings. The van der Waals surface area contributed by atoms with E-state index in [4.69, 9.17) is 10.2 Å². The number of carbonyl (C=O) groups is 4. The molecule has 0 spiro atoms. The fourth-order valence-corrected chi connectivity index (χ4v) is 2.55. The van der Waals surface area contributed by atoms with Crippen molar-refractivity contribution < 1.29 is 29.4 Å². The van der Waals surface area contributed by atoms with Crippen LogP contribution in [-0.2, 0) is 19.2 Å². The van der Waals surface area contributed by atoms with Crippen molar-refractivity contribution in [1.82, 2.24) is 10.6 Å². The van der Waals surface area contributed by atoms with Gasteiger partial charge in [0.25, 0.3) is 0 Å². The van der Waals surface area contributed by atoms with E-state index in [2.05, 4.69) is 10.6 Å². The van der Waals surface area contributed by atoms with Gasteiger partial charge in [0, 0.05) is 35.4 Å². The molecule has 1 fully saturated rings. The third kappa shape index (κ3) is 6.64. The highest BCUT2D eigenvalue weighted by atomic mass is 16.4. The lowest BCUT2D eigenvalue weighted by atomic mass is 9.90. The molecule has 0 aromatic heterocycles. The van der Waals surface area contributed by atoms with Gasteiger partial charge in [-0.25, -0.2) is 9.59 Å². The van der Waals surface area contributed by atoms with Crippen molar-refractivity contribution in [2.45, 2.75) is 51.6 Å². The Balaban J connectivity index is 2.58. The van der Waals surface area contributed by atoms with Crippen molar-refractivity contribution >= 4 is 23.8 Å². The van der Waals surface area contributed by atoms with Crippen LogP contribution >= 0.6 is 0 Å². The molecule has 1 aliphatic rings. The van der Waals surface area contributed by atoms with Crippen LogP contribution in [0.25, 0.3) is 0 Å². The molecule has 0 aliphatic heterocycles. The molecular weight excluding hydrogens is 316 g/mol. The van der Waals surface area contributed by atoms with Crippen LogP contribution in [0.2, 0.25) is 0 Å². The first-order valence-corrected chi connectivity index (χ1v) is 7.63. The van der Waals surface area contributed by atoms with Gasteiger partial charge >= 0.3 is 11.9 Å². The summed E-state index contributed by atoms with van der Waals surface area (Å²) >= 11 is 0. The van der Waals surface area contributed by atoms with Gasteiger partial charge in [0.1, 0.15) is 0 Å². The number of hydrogen-bond acceptors (Lipinski definition) is 4. The van der Waals surface area contributed by atoms with Crippen LogP contribution in [0.1, 0.15) is 39.5 Å². The minimum absolute atomic E-state index is 0.105. The maximum Gasteiger partial charge on any atom is 0.328 e. The number of carbonyl (C=O) groups excluding carboxylic acids is 2. The number of amides is 2. The van der Waals surface area contributed by atoms with Gasteiger partial charge in [-0.1, -0.05) is 0 Å². The molecule has 2 unspecified atom stereocenters. The number of carboxylic acid groups (broad SMARTS) is 2. The fourth-order valence-electron chi connectivity index (χ4n) is 2.55. The molecule has 4 N–H and O–H groups in total. The Morgan fingerprint density at radius 3 is 1.54 bits per heavy atom. The quantitative estimate of drug-likeness (QED) is 0.524. The van der Waals surface area contributed by atoms with E-state index in [-0.39, 0.29) is 23.2 Å². The van der Waals surface area contributed by atoms with Gasteiger partial charge in [-0.05, 0) is 39.5 Å². The van der Waals surface area contributed by atoms with E-state index in [1.807, 2.05) is 0 Å². The minimum Gasteiger partial charge on any atom is -0.478 e. The summed E-state index contributed by atoms with van der Waals surface area (Å²) in [7, 11) is 0. The second-order valence-electron chi connectivity index (χ2n) is 5.84. The van der Waals surface area contributed by atoms with Gasteiger partial charge in [-0.2, -0.15) is 0 Å². The zero-order valence-electron chi connectivity index (χ0n) is 13.7. The zero-order chi connectivity index (χ0) is 18.3. The van der Waals surface area contributed by atoms with E-state index in [9.17, 15) is 19.2 Å². The highest BCUT2D eigenvalue weighted by molar-refractivity contribution is 5.99. The fraction of sp³-hybridized carbons (Fsp3) is 0.500. The summed E-state index contributed by atoms with van der Waals surface area (Å²) < 4.78 is 0. The first-order valence-electron chi connectivity index (χ1n) is 7.63. The van der Waals surface area contributed by atoms with Crippen molar-refractivity contribution in [3.8, 4) is 0 Å². The van der Waals surface area contributed by atoms with Gasteiger partial charge in [0.05, 0.1) is 0 Å². The van der Waals surface area contributed by atoms with Crippen molar-refractivity contribution in [1.29, 1.82) is 0 Å². The molecule has 1 aliphatic carbocycles. The summed E-state index contributed by atoms with van der Waals surface area (Å²) in [6, 6.07) is -0.338. The molecule has 0 aromatic carbocycles. The molecule has 0 heterocycles. The van der Waals surface area contributed by atoms with Crippen molar-refractivity contribution in [3.05, 3.63) is 23.3 Å². The maximum atomic E-state index is 11.9. The summed E-state index contributed by atoms with van der Waals surface area (Å²) in [5, 5.41) is 22.8. The number of nitrogens with one attached hydrogen (secondary N) is 2. The Kier molecular flexibility index (Phi) is 7.16. The average molecular weight is 338 g/mol. The molecule has 1 rings (SSSR count). The molecule has 24 heavy (non-hydrogen) atoms. The molecule has 8 nitrogen and oxygen atoms in total. The molecular formula is C16H22N2O6. The third-order valence-corrected chi connectivity index (χ3v) is 3.74. The van der Waals surface area contributed by atoms with Crippen LogP contribution in [0.15, 0.2) is 23.3 Å². The Hall–Kier alpha value is -2.64. The normalized spacial score (nSPS) is 21.8. The molecule has 132 valence electrons. The van der Waals surface area contributed by atoms with Crippen LogP contribution in [0.5, 0.6) is 0 Å². The molecule has 0 saturated heterocycles. The van der Waals surface area contributed by atoms with Crippen molar-refractivity contribution in [3.63, 3.8) is 0 Å². The standard InChI is InChI=1S/C16H22N2O6/c1-9(6-13(19)20)15(23)17-11-4-3-5-12(8-11)18-16(24)10(2)7-14(21)22/h6-7,11-12H,3-5,8H2,1-2H3,(H,17,23)(H,18,24)(H,19,20)(H,21,22)/b9-6-,10-7-. The summed E-state index contributed by atoms with van der Waals surface area (Å²) in [6.45, 7) is 2.84. The maximum absolute atomic E-state index is 11.9. The number of aliphatic carboxylic acids is 2. The number of carboxylic acids is 2. The van der Waals surface area contributed by atoms with E-state index in [0.29, 0.717) is 6.42 Å². The summed E-state index contributed by atoms with van der Waals surface area (Å²) in [6.07, 6.45) is 4.47. The average Bonchev–Trinajstić information content (AvgIpc) is 2.46. The van der Waals surface area contributed by atoms with Gasteiger partial charge < -0.3 is 20.8 Å². The summed E-state index contributed by atoms with van der Waals surface area (Å²) in [5.41, 5.74) is 0.211. The first kappa shape index (κ1) is 19.4. The Morgan fingerprint density at radius 2 is 1.21 bits per heavy atom.